The molecule has 2 heterocycles. The van der Waals surface area contributed by atoms with Crippen molar-refractivity contribution in [2.24, 2.45) is 20.4 Å². The van der Waals surface area contributed by atoms with Crippen LogP contribution in [0.5, 0.6) is 0 Å². The van der Waals surface area contributed by atoms with Gasteiger partial charge < -0.3 is 0 Å². The van der Waals surface area contributed by atoms with Crippen molar-refractivity contribution in [1.29, 1.82) is 10.8 Å². The highest BCUT2D eigenvalue weighted by Crippen LogP contribution is 2.36. The predicted octanol–water partition coefficient (Wildman–Crippen LogP) is 6.44. The number of halogens is 2. The van der Waals surface area contributed by atoms with E-state index in [2.05, 4.69) is 31.3 Å². The van der Waals surface area contributed by atoms with Gasteiger partial charge in [-0.25, -0.2) is 10.0 Å². The van der Waals surface area contributed by atoms with Gasteiger partial charge in [-0.3, -0.25) is 30.8 Å². The molecular formula is C32H26Cl2N10O6S2. The summed E-state index contributed by atoms with van der Waals surface area (Å²) in [6.45, 7) is 3.28. The third kappa shape index (κ3) is 7.42. The van der Waals surface area contributed by atoms with Crippen LogP contribution in [0.2, 0.25) is 10.0 Å². The lowest BCUT2D eigenvalue weighted by atomic mass is 10.0. The Balaban J connectivity index is 1.14. The number of hydrogen-bond acceptors (Lipinski definition) is 12. The van der Waals surface area contributed by atoms with Gasteiger partial charge in [-0.2, -0.15) is 37.2 Å². The molecule has 0 fully saturated rings. The number of hydrogen-bond donors (Lipinski definition) is 6. The van der Waals surface area contributed by atoms with Gasteiger partial charge in [-0.15, -0.1) is 0 Å². The number of rotatable bonds is 9. The summed E-state index contributed by atoms with van der Waals surface area (Å²) in [5.41, 5.74) is 9.61. The third-order valence-corrected chi connectivity index (χ3v) is 9.92. The Morgan fingerprint density at radius 2 is 1.02 bits per heavy atom. The zero-order valence-corrected chi connectivity index (χ0v) is 30.0. The quantitative estimate of drug-likeness (QED) is 0.0803. The molecule has 0 atom stereocenters. The Labute approximate surface area is 307 Å². The molecule has 4 aromatic carbocycles. The van der Waals surface area contributed by atoms with E-state index in [1.165, 1.54) is 46.4 Å². The number of nitrogens with zero attached hydrogens (tertiary/aromatic N) is 6. The van der Waals surface area contributed by atoms with Gasteiger partial charge in [-0.05, 0) is 74.5 Å². The molecule has 0 aromatic heterocycles. The molecule has 0 saturated carbocycles. The van der Waals surface area contributed by atoms with Crippen LogP contribution in [0.3, 0.4) is 0 Å². The van der Waals surface area contributed by atoms with Crippen LogP contribution in [0, 0.1) is 10.8 Å². The number of nitrogens with one attached hydrogen (secondary N) is 4. The van der Waals surface area contributed by atoms with Crippen LogP contribution in [-0.2, 0) is 20.2 Å². The van der Waals surface area contributed by atoms with Gasteiger partial charge in [0.05, 0.1) is 54.0 Å². The molecule has 6 rings (SSSR count). The predicted molar refractivity (Wildman–Crippen MR) is 203 cm³/mol. The summed E-state index contributed by atoms with van der Waals surface area (Å²) in [6.07, 6.45) is 0. The summed E-state index contributed by atoms with van der Waals surface area (Å²) in [5.74, 6) is -0.248. The molecular weight excluding hydrogens is 755 g/mol. The summed E-state index contributed by atoms with van der Waals surface area (Å²) in [5, 5.41) is 37.4. The van der Waals surface area contributed by atoms with E-state index in [0.29, 0.717) is 44.0 Å². The molecule has 16 nitrogen and oxygen atoms in total. The van der Waals surface area contributed by atoms with Gasteiger partial charge in [0, 0.05) is 11.1 Å². The lowest BCUT2D eigenvalue weighted by Crippen LogP contribution is -2.27. The SMILES string of the molecule is CC1=NN(c2cccc(S(=O)(=O)O)c2)C(=N)C1=NNc1ccc(-c2ccc(NN=C3C(=N)N(c4cccc(S(=O)(=O)O)c4)N=C3C)cc2Cl)c(Cl)c1. The number of hydrazone groups is 4. The lowest BCUT2D eigenvalue weighted by molar-refractivity contribution is 0.481. The first-order chi connectivity index (χ1) is 24.5. The Hall–Kier alpha value is -5.50. The first-order valence-corrected chi connectivity index (χ1v) is 18.5. The number of benzene rings is 4. The highest BCUT2D eigenvalue weighted by molar-refractivity contribution is 7.86. The van der Waals surface area contributed by atoms with Crippen molar-refractivity contribution >= 4 is 101 Å². The van der Waals surface area contributed by atoms with E-state index in [1.807, 2.05) is 0 Å². The largest absolute Gasteiger partial charge is 0.294 e. The van der Waals surface area contributed by atoms with E-state index in [1.54, 1.807) is 62.4 Å². The fourth-order valence-electron chi connectivity index (χ4n) is 5.08. The van der Waals surface area contributed by atoms with Crippen LogP contribution in [0.25, 0.3) is 11.1 Å². The number of anilines is 4. The molecule has 0 aliphatic carbocycles. The second kappa shape index (κ2) is 13.9. The zero-order chi connectivity index (χ0) is 37.5. The van der Waals surface area contributed by atoms with Crippen molar-refractivity contribution in [3.05, 3.63) is 95.0 Å². The maximum Gasteiger partial charge on any atom is 0.294 e. The van der Waals surface area contributed by atoms with Crippen molar-refractivity contribution in [3.8, 4) is 11.1 Å². The topological polar surface area (TPSA) is 236 Å². The molecule has 6 N–H and O–H groups in total. The maximum atomic E-state index is 11.6. The van der Waals surface area contributed by atoms with Gasteiger partial charge in [0.15, 0.2) is 23.1 Å². The minimum Gasteiger partial charge on any atom is -0.282 e. The lowest BCUT2D eigenvalue weighted by Gasteiger charge is -2.14. The highest BCUT2D eigenvalue weighted by atomic mass is 35.5. The van der Waals surface area contributed by atoms with Crippen LogP contribution in [0.4, 0.5) is 22.7 Å². The minimum absolute atomic E-state index is 0.124. The Bertz CT molecular complexity index is 2360. The molecule has 0 unspecified atom stereocenters. The van der Waals surface area contributed by atoms with Crippen LogP contribution < -0.4 is 20.9 Å². The molecule has 0 spiro atoms. The Morgan fingerprint density at radius 3 is 1.37 bits per heavy atom. The zero-order valence-electron chi connectivity index (χ0n) is 26.9. The summed E-state index contributed by atoms with van der Waals surface area (Å²) >= 11 is 13.3. The van der Waals surface area contributed by atoms with E-state index in [9.17, 15) is 25.9 Å². The van der Waals surface area contributed by atoms with Crippen molar-refractivity contribution in [2.75, 3.05) is 20.9 Å². The molecule has 0 saturated heterocycles. The van der Waals surface area contributed by atoms with Gasteiger partial charge in [0.1, 0.15) is 0 Å². The van der Waals surface area contributed by atoms with Crippen molar-refractivity contribution in [3.63, 3.8) is 0 Å². The van der Waals surface area contributed by atoms with E-state index in [-0.39, 0.29) is 44.3 Å². The summed E-state index contributed by atoms with van der Waals surface area (Å²) in [4.78, 5) is -0.670. The average Bonchev–Trinajstić information content (AvgIpc) is 3.54. The average molecular weight is 782 g/mol. The van der Waals surface area contributed by atoms with Crippen LogP contribution in [0.15, 0.2) is 115 Å². The van der Waals surface area contributed by atoms with E-state index >= 15 is 0 Å². The molecule has 4 aromatic rings. The van der Waals surface area contributed by atoms with Gasteiger partial charge in [0.25, 0.3) is 20.2 Å². The first-order valence-electron chi connectivity index (χ1n) is 14.8. The van der Waals surface area contributed by atoms with E-state index < -0.39 is 20.2 Å². The molecule has 0 bridgehead atoms. The first kappa shape index (κ1) is 36.3. The summed E-state index contributed by atoms with van der Waals surface area (Å²) < 4.78 is 65.1. The standard InChI is InChI=1S/C32H26Cl2N10O6S2/c1-17-29(31(35)43(41-17)21-5-3-7-23(15-21)51(45,46)47)39-37-19-9-11-25(27(33)13-19)26-12-10-20(14-28(26)34)38-40-30-18(2)42-44(32(30)36)22-6-4-8-24(16-22)52(48,49)50/h3-16,35-38H,1-2H3,(H,45,46,47)(H,48,49,50). The van der Waals surface area contributed by atoms with Crippen molar-refractivity contribution in [1.82, 2.24) is 0 Å². The van der Waals surface area contributed by atoms with Crippen molar-refractivity contribution < 1.29 is 25.9 Å². The molecule has 20 heteroatoms. The fourth-order valence-corrected chi connectivity index (χ4v) is 6.68. The van der Waals surface area contributed by atoms with Gasteiger partial charge in [-0.1, -0.05) is 47.5 Å². The van der Waals surface area contributed by atoms with Crippen LogP contribution in [-0.4, -0.2) is 60.5 Å². The minimum atomic E-state index is -4.45. The summed E-state index contributed by atoms with van der Waals surface area (Å²) in [6, 6.07) is 20.9. The second-order valence-electron chi connectivity index (χ2n) is 11.2. The van der Waals surface area contributed by atoms with E-state index in [0.717, 1.165) is 0 Å². The normalized spacial score (nSPS) is 16.5. The van der Waals surface area contributed by atoms with Gasteiger partial charge >= 0.3 is 0 Å². The fraction of sp³-hybridized carbons (Fsp3) is 0.0625. The molecule has 0 radical (unpaired) electrons. The molecule has 2 aliphatic rings. The smallest absolute Gasteiger partial charge is 0.282 e. The molecule has 0 amide bonds. The van der Waals surface area contributed by atoms with Crippen LogP contribution in [0.1, 0.15) is 13.8 Å². The molecule has 52 heavy (non-hydrogen) atoms. The Kier molecular flexibility index (Phi) is 9.71. The van der Waals surface area contributed by atoms with Crippen LogP contribution >= 0.6 is 23.2 Å². The molecule has 2 aliphatic heterocycles. The summed E-state index contributed by atoms with van der Waals surface area (Å²) in [7, 11) is -8.90. The highest BCUT2D eigenvalue weighted by Gasteiger charge is 2.29. The maximum absolute atomic E-state index is 11.6. The Morgan fingerprint density at radius 1 is 0.635 bits per heavy atom. The van der Waals surface area contributed by atoms with E-state index in [4.69, 9.17) is 34.0 Å². The van der Waals surface area contributed by atoms with Gasteiger partial charge in [0.2, 0.25) is 0 Å². The number of amidine groups is 2. The monoisotopic (exact) mass is 780 g/mol. The third-order valence-electron chi connectivity index (χ3n) is 7.60. The second-order valence-corrected chi connectivity index (χ2v) is 14.8. The molecule has 266 valence electrons. The van der Waals surface area contributed by atoms with Crippen molar-refractivity contribution in [2.45, 2.75) is 23.6 Å².